The molecule has 0 aliphatic carbocycles. The average molecular weight is 345 g/mol. The Kier molecular flexibility index (Phi) is 5.14. The molecule has 2 aromatic rings. The summed E-state index contributed by atoms with van der Waals surface area (Å²) in [6.07, 6.45) is 1.56. The van der Waals surface area contributed by atoms with Gasteiger partial charge in [0, 0.05) is 48.8 Å². The van der Waals surface area contributed by atoms with Gasteiger partial charge in [0.2, 0.25) is 0 Å². The first-order valence-corrected chi connectivity index (χ1v) is 8.92. The lowest BCUT2D eigenvalue weighted by Crippen LogP contribution is -2.33. The number of nitro benzene ring substituents is 1. The van der Waals surface area contributed by atoms with E-state index in [4.69, 9.17) is 0 Å². The van der Waals surface area contributed by atoms with Crippen molar-refractivity contribution in [2.45, 2.75) is 13.5 Å². The van der Waals surface area contributed by atoms with Gasteiger partial charge in [0.1, 0.15) is 18.0 Å². The van der Waals surface area contributed by atoms with Crippen LogP contribution in [-0.2, 0) is 6.54 Å². The standard InChI is InChI=1S/C16H19N5O2S/c1-12-13(3-2-4-14(12)21(22)23)10-17-15-9-16(19-11-18-15)20-5-7-24-8-6-20/h2-4,9,11H,5-8,10H2,1H3,(H,17,18,19). The average Bonchev–Trinajstić information content (AvgIpc) is 2.61. The number of hydrogen-bond acceptors (Lipinski definition) is 7. The summed E-state index contributed by atoms with van der Waals surface area (Å²) >= 11 is 1.95. The number of nitro groups is 1. The van der Waals surface area contributed by atoms with Crippen molar-refractivity contribution in [3.63, 3.8) is 0 Å². The summed E-state index contributed by atoms with van der Waals surface area (Å²) < 4.78 is 0. The normalized spacial score (nSPS) is 14.5. The van der Waals surface area contributed by atoms with Crippen LogP contribution in [0.2, 0.25) is 0 Å². The lowest BCUT2D eigenvalue weighted by molar-refractivity contribution is -0.385. The van der Waals surface area contributed by atoms with Gasteiger partial charge >= 0.3 is 0 Å². The molecular weight excluding hydrogens is 326 g/mol. The summed E-state index contributed by atoms with van der Waals surface area (Å²) in [6, 6.07) is 7.05. The molecule has 8 heteroatoms. The van der Waals surface area contributed by atoms with E-state index in [9.17, 15) is 10.1 Å². The molecule has 1 aliphatic heterocycles. The first kappa shape index (κ1) is 16.5. The molecule has 7 nitrogen and oxygen atoms in total. The zero-order valence-corrected chi connectivity index (χ0v) is 14.3. The Morgan fingerprint density at radius 3 is 2.88 bits per heavy atom. The third-order valence-electron chi connectivity index (χ3n) is 4.06. The summed E-state index contributed by atoms with van der Waals surface area (Å²) in [5, 5.41) is 14.3. The van der Waals surface area contributed by atoms with Gasteiger partial charge in [0.25, 0.3) is 5.69 Å². The molecule has 1 aliphatic rings. The summed E-state index contributed by atoms with van der Waals surface area (Å²) in [7, 11) is 0. The molecule has 0 saturated carbocycles. The molecular formula is C16H19N5O2S. The largest absolute Gasteiger partial charge is 0.366 e. The van der Waals surface area contributed by atoms with E-state index in [2.05, 4.69) is 20.2 Å². The van der Waals surface area contributed by atoms with Crippen LogP contribution >= 0.6 is 11.8 Å². The maximum absolute atomic E-state index is 11.0. The van der Waals surface area contributed by atoms with E-state index in [-0.39, 0.29) is 10.6 Å². The summed E-state index contributed by atoms with van der Waals surface area (Å²) in [6.45, 7) is 4.24. The summed E-state index contributed by atoms with van der Waals surface area (Å²) in [5.41, 5.74) is 1.71. The van der Waals surface area contributed by atoms with Crippen molar-refractivity contribution in [2.24, 2.45) is 0 Å². The Labute approximate surface area is 144 Å². The van der Waals surface area contributed by atoms with E-state index >= 15 is 0 Å². The van der Waals surface area contributed by atoms with Crippen LogP contribution in [0.25, 0.3) is 0 Å². The van der Waals surface area contributed by atoms with Crippen LogP contribution in [0.5, 0.6) is 0 Å². The van der Waals surface area contributed by atoms with Crippen molar-refractivity contribution in [2.75, 3.05) is 34.8 Å². The summed E-state index contributed by atoms with van der Waals surface area (Å²) in [5.74, 6) is 3.87. The lowest BCUT2D eigenvalue weighted by atomic mass is 10.1. The minimum absolute atomic E-state index is 0.142. The number of benzene rings is 1. The molecule has 1 N–H and O–H groups in total. The topological polar surface area (TPSA) is 84.2 Å². The maximum atomic E-state index is 11.0. The van der Waals surface area contributed by atoms with E-state index in [0.29, 0.717) is 12.1 Å². The first-order valence-electron chi connectivity index (χ1n) is 7.76. The number of thioether (sulfide) groups is 1. The Balaban J connectivity index is 1.71. The van der Waals surface area contributed by atoms with Gasteiger partial charge in [-0.25, -0.2) is 9.97 Å². The Morgan fingerprint density at radius 2 is 2.12 bits per heavy atom. The number of nitrogens with zero attached hydrogens (tertiary/aromatic N) is 4. The van der Waals surface area contributed by atoms with Crippen molar-refractivity contribution in [1.29, 1.82) is 0 Å². The van der Waals surface area contributed by atoms with Crippen LogP contribution in [0.3, 0.4) is 0 Å². The van der Waals surface area contributed by atoms with Crippen LogP contribution in [0.15, 0.2) is 30.6 Å². The third kappa shape index (κ3) is 3.76. The molecule has 0 atom stereocenters. The number of aromatic nitrogens is 2. The Morgan fingerprint density at radius 1 is 1.33 bits per heavy atom. The molecule has 1 aromatic heterocycles. The number of hydrogen-bond donors (Lipinski definition) is 1. The Hall–Kier alpha value is -2.35. The van der Waals surface area contributed by atoms with Crippen molar-refractivity contribution >= 4 is 29.1 Å². The van der Waals surface area contributed by atoms with Gasteiger partial charge < -0.3 is 10.2 Å². The van der Waals surface area contributed by atoms with Gasteiger partial charge in [0.15, 0.2) is 0 Å². The molecule has 3 rings (SSSR count). The predicted molar refractivity (Wildman–Crippen MR) is 96.7 cm³/mol. The zero-order valence-electron chi connectivity index (χ0n) is 13.4. The third-order valence-corrected chi connectivity index (χ3v) is 5.00. The molecule has 1 aromatic carbocycles. The fourth-order valence-corrected chi connectivity index (χ4v) is 3.56. The molecule has 0 radical (unpaired) electrons. The van der Waals surface area contributed by atoms with Gasteiger partial charge in [-0.15, -0.1) is 0 Å². The quantitative estimate of drug-likeness (QED) is 0.659. The number of rotatable bonds is 5. The number of anilines is 2. The highest BCUT2D eigenvalue weighted by atomic mass is 32.2. The van der Waals surface area contributed by atoms with Crippen LogP contribution in [-0.4, -0.2) is 39.5 Å². The fraction of sp³-hybridized carbons (Fsp3) is 0.375. The van der Waals surface area contributed by atoms with Crippen molar-refractivity contribution < 1.29 is 4.92 Å². The molecule has 0 amide bonds. The molecule has 24 heavy (non-hydrogen) atoms. The second kappa shape index (κ2) is 7.48. The molecule has 126 valence electrons. The van der Waals surface area contributed by atoms with Crippen molar-refractivity contribution in [3.05, 3.63) is 51.8 Å². The second-order valence-electron chi connectivity index (χ2n) is 5.53. The molecule has 0 unspecified atom stereocenters. The van der Waals surface area contributed by atoms with Gasteiger partial charge in [-0.1, -0.05) is 12.1 Å². The van der Waals surface area contributed by atoms with Crippen LogP contribution in [0, 0.1) is 17.0 Å². The maximum Gasteiger partial charge on any atom is 0.272 e. The minimum Gasteiger partial charge on any atom is -0.366 e. The van der Waals surface area contributed by atoms with Crippen molar-refractivity contribution in [3.8, 4) is 0 Å². The highest BCUT2D eigenvalue weighted by Gasteiger charge is 2.14. The van der Waals surface area contributed by atoms with Gasteiger partial charge in [-0.2, -0.15) is 11.8 Å². The van der Waals surface area contributed by atoms with Gasteiger partial charge in [-0.05, 0) is 12.5 Å². The molecule has 1 fully saturated rings. The SMILES string of the molecule is Cc1c(CNc2cc(N3CCSCC3)ncn2)cccc1[N+](=O)[O-]. The molecule has 2 heterocycles. The fourth-order valence-electron chi connectivity index (χ4n) is 2.65. The van der Waals surface area contributed by atoms with Gasteiger partial charge in [-0.3, -0.25) is 10.1 Å². The van der Waals surface area contributed by atoms with Crippen LogP contribution in [0.1, 0.15) is 11.1 Å². The van der Waals surface area contributed by atoms with E-state index < -0.39 is 0 Å². The van der Waals surface area contributed by atoms with E-state index in [1.807, 2.05) is 23.9 Å². The minimum atomic E-state index is -0.351. The summed E-state index contributed by atoms with van der Waals surface area (Å²) in [4.78, 5) is 21.5. The predicted octanol–water partition coefficient (Wildman–Crippen LogP) is 2.86. The Bertz CT molecular complexity index is 734. The molecule has 1 saturated heterocycles. The number of nitrogens with one attached hydrogen (secondary N) is 1. The first-order chi connectivity index (χ1) is 11.6. The molecule has 0 spiro atoms. The molecule has 0 bridgehead atoms. The highest BCUT2D eigenvalue weighted by molar-refractivity contribution is 7.99. The van der Waals surface area contributed by atoms with E-state index in [1.165, 1.54) is 6.07 Å². The van der Waals surface area contributed by atoms with Gasteiger partial charge in [0.05, 0.1) is 4.92 Å². The van der Waals surface area contributed by atoms with Crippen LogP contribution in [0.4, 0.5) is 17.3 Å². The lowest BCUT2D eigenvalue weighted by Gasteiger charge is -2.27. The monoisotopic (exact) mass is 345 g/mol. The smallest absolute Gasteiger partial charge is 0.272 e. The van der Waals surface area contributed by atoms with Crippen LogP contribution < -0.4 is 10.2 Å². The van der Waals surface area contributed by atoms with E-state index in [1.54, 1.807) is 19.3 Å². The zero-order chi connectivity index (χ0) is 16.9. The van der Waals surface area contributed by atoms with Crippen molar-refractivity contribution in [1.82, 2.24) is 9.97 Å². The van der Waals surface area contributed by atoms with E-state index in [0.717, 1.165) is 41.8 Å². The second-order valence-corrected chi connectivity index (χ2v) is 6.76. The highest BCUT2D eigenvalue weighted by Crippen LogP contribution is 2.23.